The number of aliphatic hydroxyl groups is 1. The van der Waals surface area contributed by atoms with Gasteiger partial charge >= 0.3 is 0 Å². The van der Waals surface area contributed by atoms with Crippen molar-refractivity contribution in [3.05, 3.63) is 53.1 Å². The third-order valence-corrected chi connectivity index (χ3v) is 3.07. The summed E-state index contributed by atoms with van der Waals surface area (Å²) in [5.74, 6) is -0.310. The Balaban J connectivity index is 2.23. The standard InChI is InChI=1S/C14H18N5O4/c1-16-6-7-17(11-16)10-14(21)18(15-5-8-20)12-3-2-4-13(9-12)19(22)23/h2-4,6-7,9,11,15,20H,5,8,10H2,1H3/q+1. The normalized spacial score (nSPS) is 10.5. The number of rotatable bonds is 7. The summed E-state index contributed by atoms with van der Waals surface area (Å²) in [6.07, 6.45) is 5.29. The van der Waals surface area contributed by atoms with Crippen LogP contribution < -0.4 is 15.0 Å². The number of carbonyl (C=O) groups is 1. The van der Waals surface area contributed by atoms with E-state index in [1.54, 1.807) is 33.9 Å². The molecule has 0 unspecified atom stereocenters. The molecule has 1 aromatic heterocycles. The largest absolute Gasteiger partial charge is 0.395 e. The Hall–Kier alpha value is -2.78. The minimum absolute atomic E-state index is 0.0575. The SMILES string of the molecule is C[n+]1ccn(CC(=O)N(NCCO)c2cccc([N+](=O)[O-])c2)c1. The molecule has 0 aliphatic rings. The van der Waals surface area contributed by atoms with Crippen molar-refractivity contribution in [3.63, 3.8) is 0 Å². The van der Waals surface area contributed by atoms with E-state index in [9.17, 15) is 14.9 Å². The summed E-state index contributed by atoms with van der Waals surface area (Å²) >= 11 is 0. The van der Waals surface area contributed by atoms with E-state index in [0.717, 1.165) is 0 Å². The number of non-ortho nitro benzene ring substituents is 1. The number of hydrogen-bond donors (Lipinski definition) is 2. The number of aryl methyl sites for hydroxylation is 1. The van der Waals surface area contributed by atoms with Crippen molar-refractivity contribution < 1.29 is 19.4 Å². The molecule has 9 heteroatoms. The molecule has 1 amide bonds. The number of nitrogens with one attached hydrogen (secondary N) is 1. The number of nitro groups is 1. The molecule has 23 heavy (non-hydrogen) atoms. The fourth-order valence-corrected chi connectivity index (χ4v) is 2.05. The molecule has 9 nitrogen and oxygen atoms in total. The first-order valence-electron chi connectivity index (χ1n) is 6.94. The van der Waals surface area contributed by atoms with Gasteiger partial charge < -0.3 is 5.11 Å². The lowest BCUT2D eigenvalue weighted by Gasteiger charge is -2.22. The molecule has 0 fully saturated rings. The van der Waals surface area contributed by atoms with E-state index in [2.05, 4.69) is 5.43 Å². The van der Waals surface area contributed by atoms with Gasteiger partial charge in [-0.2, -0.15) is 0 Å². The third kappa shape index (κ3) is 4.34. The molecular weight excluding hydrogens is 302 g/mol. The maximum Gasteiger partial charge on any atom is 0.283 e. The van der Waals surface area contributed by atoms with Gasteiger partial charge in [0.25, 0.3) is 11.6 Å². The second kappa shape index (κ2) is 7.47. The third-order valence-electron chi connectivity index (χ3n) is 3.07. The van der Waals surface area contributed by atoms with Crippen LogP contribution in [0.4, 0.5) is 11.4 Å². The maximum absolute atomic E-state index is 12.5. The molecule has 0 bridgehead atoms. The van der Waals surface area contributed by atoms with E-state index in [1.165, 1.54) is 23.2 Å². The Labute approximate surface area is 132 Å². The zero-order chi connectivity index (χ0) is 16.8. The minimum Gasteiger partial charge on any atom is -0.395 e. The van der Waals surface area contributed by atoms with Gasteiger partial charge in [0, 0.05) is 18.7 Å². The zero-order valence-electron chi connectivity index (χ0n) is 12.6. The lowest BCUT2D eigenvalue weighted by molar-refractivity contribution is -0.671. The van der Waals surface area contributed by atoms with Crippen molar-refractivity contribution in [2.75, 3.05) is 18.2 Å². The highest BCUT2D eigenvalue weighted by atomic mass is 16.6. The number of nitrogens with zero attached hydrogens (tertiary/aromatic N) is 4. The maximum atomic E-state index is 12.5. The van der Waals surface area contributed by atoms with Crippen LogP contribution >= 0.6 is 0 Å². The summed E-state index contributed by atoms with van der Waals surface area (Å²) in [6, 6.07) is 5.75. The number of hydrazine groups is 1. The molecule has 1 aromatic carbocycles. The van der Waals surface area contributed by atoms with E-state index in [0.29, 0.717) is 5.69 Å². The zero-order valence-corrected chi connectivity index (χ0v) is 12.6. The number of aromatic nitrogens is 2. The number of amides is 1. The molecule has 122 valence electrons. The first kappa shape index (κ1) is 16.6. The van der Waals surface area contributed by atoms with Gasteiger partial charge in [-0.3, -0.25) is 14.9 Å². The molecule has 2 rings (SSSR count). The first-order chi connectivity index (χ1) is 11.0. The van der Waals surface area contributed by atoms with Crippen molar-refractivity contribution in [2.24, 2.45) is 7.05 Å². The van der Waals surface area contributed by atoms with Crippen molar-refractivity contribution in [1.29, 1.82) is 0 Å². The van der Waals surface area contributed by atoms with Gasteiger partial charge in [-0.05, 0) is 6.07 Å². The number of hydrogen-bond acceptors (Lipinski definition) is 5. The summed E-state index contributed by atoms with van der Waals surface area (Å²) in [4.78, 5) is 22.9. The molecule has 0 saturated carbocycles. The fourth-order valence-electron chi connectivity index (χ4n) is 2.05. The molecule has 0 aliphatic carbocycles. The average molecular weight is 320 g/mol. The highest BCUT2D eigenvalue weighted by molar-refractivity contribution is 5.92. The Morgan fingerprint density at radius 1 is 1.52 bits per heavy atom. The lowest BCUT2D eigenvalue weighted by Crippen LogP contribution is -2.46. The smallest absolute Gasteiger partial charge is 0.283 e. The molecule has 0 spiro atoms. The summed E-state index contributed by atoms with van der Waals surface area (Å²) in [5, 5.41) is 21.1. The number of anilines is 1. The molecule has 0 aliphatic heterocycles. The molecule has 1 heterocycles. The Morgan fingerprint density at radius 3 is 2.91 bits per heavy atom. The highest BCUT2D eigenvalue weighted by Crippen LogP contribution is 2.20. The van der Waals surface area contributed by atoms with Crippen molar-refractivity contribution in [2.45, 2.75) is 6.54 Å². The van der Waals surface area contributed by atoms with E-state index in [-0.39, 0.29) is 31.3 Å². The molecule has 2 N–H and O–H groups in total. The van der Waals surface area contributed by atoms with Crippen LogP contribution in [-0.4, -0.2) is 33.7 Å². The van der Waals surface area contributed by atoms with Crippen LogP contribution in [0.3, 0.4) is 0 Å². The Morgan fingerprint density at radius 2 is 2.30 bits per heavy atom. The van der Waals surface area contributed by atoms with Crippen molar-refractivity contribution in [3.8, 4) is 0 Å². The van der Waals surface area contributed by atoms with Gasteiger partial charge in [-0.15, -0.1) is 0 Å². The predicted molar refractivity (Wildman–Crippen MR) is 81.3 cm³/mol. The van der Waals surface area contributed by atoms with Crippen LogP contribution in [0, 0.1) is 10.1 Å². The van der Waals surface area contributed by atoms with Gasteiger partial charge in [-0.1, -0.05) is 6.07 Å². The van der Waals surface area contributed by atoms with E-state index < -0.39 is 4.92 Å². The Kier molecular flexibility index (Phi) is 5.39. The lowest BCUT2D eigenvalue weighted by atomic mass is 10.2. The van der Waals surface area contributed by atoms with Crippen molar-refractivity contribution in [1.82, 2.24) is 9.99 Å². The number of aliphatic hydroxyl groups excluding tert-OH is 1. The number of imidazole rings is 1. The average Bonchev–Trinajstić information content (AvgIpc) is 2.93. The molecule has 0 saturated heterocycles. The summed E-state index contributed by atoms with van der Waals surface area (Å²) in [7, 11) is 1.84. The fraction of sp³-hybridized carbons (Fsp3) is 0.286. The van der Waals surface area contributed by atoms with Crippen LogP contribution in [0.15, 0.2) is 43.0 Å². The molecular formula is C14H18N5O4+. The topological polar surface area (TPSA) is 105 Å². The molecule has 2 aromatic rings. The van der Waals surface area contributed by atoms with Gasteiger partial charge in [0.2, 0.25) is 6.33 Å². The van der Waals surface area contributed by atoms with Crippen LogP contribution in [0.25, 0.3) is 0 Å². The summed E-state index contributed by atoms with van der Waals surface area (Å²) < 4.78 is 3.49. The highest BCUT2D eigenvalue weighted by Gasteiger charge is 2.20. The number of carbonyl (C=O) groups excluding carboxylic acids is 1. The van der Waals surface area contributed by atoms with Crippen LogP contribution in [0.2, 0.25) is 0 Å². The van der Waals surface area contributed by atoms with E-state index in [4.69, 9.17) is 5.11 Å². The van der Waals surface area contributed by atoms with Crippen LogP contribution in [0.5, 0.6) is 0 Å². The summed E-state index contributed by atoms with van der Waals surface area (Å²) in [5.41, 5.74) is 3.00. The second-order valence-electron chi connectivity index (χ2n) is 4.89. The second-order valence-corrected chi connectivity index (χ2v) is 4.89. The Bertz CT molecular complexity index is 700. The van der Waals surface area contributed by atoms with Gasteiger partial charge in [0.05, 0.1) is 24.3 Å². The predicted octanol–water partition coefficient (Wildman–Crippen LogP) is -0.249. The van der Waals surface area contributed by atoms with Crippen LogP contribution in [0.1, 0.15) is 0 Å². The number of benzene rings is 1. The quantitative estimate of drug-likeness (QED) is 0.416. The monoisotopic (exact) mass is 320 g/mol. The van der Waals surface area contributed by atoms with Gasteiger partial charge in [-0.25, -0.2) is 19.6 Å². The van der Waals surface area contributed by atoms with E-state index in [1.807, 2.05) is 7.05 Å². The molecule has 0 atom stereocenters. The number of nitro benzene ring substituents is 1. The molecule has 0 radical (unpaired) electrons. The first-order valence-corrected chi connectivity index (χ1v) is 6.94. The van der Waals surface area contributed by atoms with Crippen molar-refractivity contribution >= 4 is 17.3 Å². The van der Waals surface area contributed by atoms with Gasteiger partial charge in [0.1, 0.15) is 12.4 Å². The van der Waals surface area contributed by atoms with Gasteiger partial charge in [0.15, 0.2) is 6.54 Å². The summed E-state index contributed by atoms with van der Waals surface area (Å²) in [6.45, 7) is 0.0348. The van der Waals surface area contributed by atoms with Crippen LogP contribution in [-0.2, 0) is 18.4 Å². The van der Waals surface area contributed by atoms with E-state index >= 15 is 0 Å². The minimum atomic E-state index is -0.524.